The molecule has 0 bridgehead atoms. The maximum absolute atomic E-state index is 4.76. The first-order valence-electron chi connectivity index (χ1n) is 6.77. The third-order valence-electron chi connectivity index (χ3n) is 3.43. The van der Waals surface area contributed by atoms with E-state index in [9.17, 15) is 0 Å². The molecule has 100 valence electrons. The molecule has 1 atom stereocenters. The number of nitrogens with one attached hydrogen (secondary N) is 1. The van der Waals surface area contributed by atoms with Crippen LogP contribution in [0.1, 0.15) is 11.9 Å². The van der Waals surface area contributed by atoms with Crippen LogP contribution in [0.5, 0.6) is 0 Å². The lowest BCUT2D eigenvalue weighted by molar-refractivity contribution is 0.199. The maximum atomic E-state index is 4.76. The number of benzene rings is 1. The highest BCUT2D eigenvalue weighted by molar-refractivity contribution is 7.09. The van der Waals surface area contributed by atoms with Crippen LogP contribution in [0.3, 0.4) is 0 Å². The van der Waals surface area contributed by atoms with Gasteiger partial charge in [0.15, 0.2) is 0 Å². The van der Waals surface area contributed by atoms with Gasteiger partial charge in [-0.2, -0.15) is 0 Å². The monoisotopic (exact) mass is 273 g/mol. The van der Waals surface area contributed by atoms with E-state index in [0.29, 0.717) is 6.04 Å². The molecular weight excluding hydrogens is 254 g/mol. The summed E-state index contributed by atoms with van der Waals surface area (Å²) in [4.78, 5) is 7.24. The zero-order chi connectivity index (χ0) is 13.1. The van der Waals surface area contributed by atoms with E-state index < -0.39 is 0 Å². The van der Waals surface area contributed by atoms with Gasteiger partial charge < -0.3 is 5.32 Å². The van der Waals surface area contributed by atoms with Crippen molar-refractivity contribution < 1.29 is 0 Å². The van der Waals surface area contributed by atoms with Crippen LogP contribution in [0.15, 0.2) is 35.7 Å². The van der Waals surface area contributed by atoms with Crippen molar-refractivity contribution >= 4 is 11.3 Å². The van der Waals surface area contributed by atoms with E-state index in [0.717, 1.165) is 31.9 Å². The highest BCUT2D eigenvalue weighted by Gasteiger charge is 2.16. The van der Waals surface area contributed by atoms with E-state index >= 15 is 0 Å². The van der Waals surface area contributed by atoms with Gasteiger partial charge in [0.2, 0.25) is 0 Å². The fraction of sp³-hybridized carbons (Fsp3) is 0.400. The number of hydrogen-bond donors (Lipinski definition) is 1. The second-order valence-electron chi connectivity index (χ2n) is 5.08. The van der Waals surface area contributed by atoms with E-state index in [-0.39, 0.29) is 0 Å². The Morgan fingerprint density at radius 2 is 2.21 bits per heavy atom. The average Bonchev–Trinajstić information content (AvgIpc) is 2.88. The Morgan fingerprint density at radius 1 is 1.37 bits per heavy atom. The maximum Gasteiger partial charge on any atom is 0.107 e. The summed E-state index contributed by atoms with van der Waals surface area (Å²) in [6, 6.07) is 11.0. The van der Waals surface area contributed by atoms with Crippen molar-refractivity contribution in [2.24, 2.45) is 0 Å². The van der Waals surface area contributed by atoms with Crippen molar-refractivity contribution in [1.29, 1.82) is 0 Å². The lowest BCUT2D eigenvalue weighted by Gasteiger charge is -2.31. The smallest absolute Gasteiger partial charge is 0.107 e. The minimum absolute atomic E-state index is 0.585. The van der Waals surface area contributed by atoms with Crippen LogP contribution in [-0.2, 0) is 6.54 Å². The van der Waals surface area contributed by atoms with Gasteiger partial charge in [0.05, 0.1) is 12.2 Å². The minimum Gasteiger partial charge on any atom is -0.312 e. The number of hydrogen-bond acceptors (Lipinski definition) is 4. The molecule has 1 unspecified atom stereocenters. The lowest BCUT2D eigenvalue weighted by atomic mass is 10.2. The fourth-order valence-corrected chi connectivity index (χ4v) is 3.32. The molecule has 4 heteroatoms. The Hall–Kier alpha value is -1.23. The first kappa shape index (κ1) is 12.8. The summed E-state index contributed by atoms with van der Waals surface area (Å²) in [6.07, 6.45) is 0. The van der Waals surface area contributed by atoms with E-state index in [4.69, 9.17) is 4.98 Å². The lowest BCUT2D eigenvalue weighted by Crippen LogP contribution is -2.48. The van der Waals surface area contributed by atoms with Crippen molar-refractivity contribution in [1.82, 2.24) is 15.2 Å². The molecule has 2 aromatic rings. The molecule has 0 radical (unpaired) electrons. The molecule has 1 N–H and O–H groups in total. The molecule has 1 aromatic heterocycles. The summed E-state index contributed by atoms with van der Waals surface area (Å²) < 4.78 is 0. The first-order valence-corrected chi connectivity index (χ1v) is 7.65. The molecule has 2 heterocycles. The Kier molecular flexibility index (Phi) is 3.92. The topological polar surface area (TPSA) is 28.2 Å². The van der Waals surface area contributed by atoms with Crippen molar-refractivity contribution in [2.75, 3.05) is 19.6 Å². The summed E-state index contributed by atoms with van der Waals surface area (Å²) in [5, 5.41) is 6.85. The zero-order valence-electron chi connectivity index (χ0n) is 11.2. The summed E-state index contributed by atoms with van der Waals surface area (Å²) in [5.41, 5.74) is 2.31. The van der Waals surface area contributed by atoms with Gasteiger partial charge >= 0.3 is 0 Å². The molecule has 1 saturated heterocycles. The fourth-order valence-electron chi connectivity index (χ4n) is 2.47. The second kappa shape index (κ2) is 5.82. The molecule has 0 aliphatic carbocycles. The molecule has 3 rings (SSSR count). The van der Waals surface area contributed by atoms with Crippen molar-refractivity contribution in [3.05, 3.63) is 40.7 Å². The number of thiazole rings is 1. The third kappa shape index (κ3) is 3.21. The van der Waals surface area contributed by atoms with Gasteiger partial charge in [-0.05, 0) is 6.92 Å². The molecule has 0 saturated carbocycles. The zero-order valence-corrected chi connectivity index (χ0v) is 12.0. The normalized spacial score (nSPS) is 20.6. The van der Waals surface area contributed by atoms with Gasteiger partial charge in [0.25, 0.3) is 0 Å². The number of rotatable bonds is 3. The summed E-state index contributed by atoms with van der Waals surface area (Å²) in [5.74, 6) is 0. The van der Waals surface area contributed by atoms with Gasteiger partial charge in [-0.25, -0.2) is 4.98 Å². The number of nitrogens with zero attached hydrogens (tertiary/aromatic N) is 2. The Morgan fingerprint density at radius 3 is 3.00 bits per heavy atom. The predicted molar refractivity (Wildman–Crippen MR) is 80.3 cm³/mol. The van der Waals surface area contributed by atoms with Gasteiger partial charge in [-0.1, -0.05) is 30.3 Å². The summed E-state index contributed by atoms with van der Waals surface area (Å²) in [6.45, 7) is 6.52. The van der Waals surface area contributed by atoms with E-state index in [1.54, 1.807) is 11.3 Å². The van der Waals surface area contributed by atoms with Gasteiger partial charge in [0, 0.05) is 36.6 Å². The van der Waals surface area contributed by atoms with Crippen LogP contribution in [0.4, 0.5) is 0 Å². The van der Waals surface area contributed by atoms with E-state index in [1.807, 2.05) is 6.07 Å². The van der Waals surface area contributed by atoms with E-state index in [1.165, 1.54) is 10.6 Å². The van der Waals surface area contributed by atoms with Crippen LogP contribution < -0.4 is 5.32 Å². The molecule has 1 fully saturated rings. The van der Waals surface area contributed by atoms with Crippen LogP contribution in [-0.4, -0.2) is 35.6 Å². The quantitative estimate of drug-likeness (QED) is 0.931. The molecule has 1 aliphatic rings. The molecule has 1 aliphatic heterocycles. The molecule has 19 heavy (non-hydrogen) atoms. The third-order valence-corrected chi connectivity index (χ3v) is 4.27. The highest BCUT2D eigenvalue weighted by atomic mass is 32.1. The Bertz CT molecular complexity index is 523. The molecule has 0 amide bonds. The Labute approximate surface area is 118 Å². The van der Waals surface area contributed by atoms with Gasteiger partial charge in [-0.15, -0.1) is 11.3 Å². The van der Waals surface area contributed by atoms with Crippen LogP contribution in [0, 0.1) is 0 Å². The molecular formula is C15H19N3S. The number of aromatic nitrogens is 1. The predicted octanol–water partition coefficient (Wildman–Crippen LogP) is 2.60. The first-order chi connectivity index (χ1) is 9.31. The standard InChI is InChI=1S/C15H19N3S/c1-12-9-18(8-7-16-12)10-15-17-14(11-19-15)13-5-3-2-4-6-13/h2-6,11-12,16H,7-10H2,1H3. The molecule has 1 aromatic carbocycles. The van der Waals surface area contributed by atoms with Gasteiger partial charge in [-0.3, -0.25) is 4.90 Å². The van der Waals surface area contributed by atoms with Crippen LogP contribution in [0.25, 0.3) is 11.3 Å². The van der Waals surface area contributed by atoms with Crippen molar-refractivity contribution in [2.45, 2.75) is 19.5 Å². The van der Waals surface area contributed by atoms with Crippen molar-refractivity contribution in [3.63, 3.8) is 0 Å². The Balaban J connectivity index is 1.68. The SMILES string of the molecule is CC1CN(Cc2nc(-c3ccccc3)cs2)CCN1. The van der Waals surface area contributed by atoms with E-state index in [2.05, 4.69) is 46.8 Å². The second-order valence-corrected chi connectivity index (χ2v) is 6.03. The van der Waals surface area contributed by atoms with Crippen molar-refractivity contribution in [3.8, 4) is 11.3 Å². The van der Waals surface area contributed by atoms with Crippen LogP contribution >= 0.6 is 11.3 Å². The largest absolute Gasteiger partial charge is 0.312 e. The number of piperazine rings is 1. The summed E-state index contributed by atoms with van der Waals surface area (Å²) >= 11 is 1.77. The molecule has 3 nitrogen and oxygen atoms in total. The minimum atomic E-state index is 0.585. The molecule has 0 spiro atoms. The average molecular weight is 273 g/mol. The highest BCUT2D eigenvalue weighted by Crippen LogP contribution is 2.22. The van der Waals surface area contributed by atoms with Crippen LogP contribution in [0.2, 0.25) is 0 Å². The summed E-state index contributed by atoms with van der Waals surface area (Å²) in [7, 11) is 0. The van der Waals surface area contributed by atoms with Gasteiger partial charge in [0.1, 0.15) is 5.01 Å².